The second-order valence-electron chi connectivity index (χ2n) is 10.0. The summed E-state index contributed by atoms with van der Waals surface area (Å²) in [5, 5.41) is 5.42. The van der Waals surface area contributed by atoms with E-state index in [1.54, 1.807) is 33.4 Å². The number of ether oxygens (including phenoxy) is 5. The molecule has 11 nitrogen and oxygen atoms in total. The summed E-state index contributed by atoms with van der Waals surface area (Å²) in [6.45, 7) is 7.22. The summed E-state index contributed by atoms with van der Waals surface area (Å²) >= 11 is 0. The Morgan fingerprint density at radius 2 is 1.32 bits per heavy atom. The highest BCUT2D eigenvalue weighted by Crippen LogP contribution is 2.44. The monoisotopic (exact) mass is 650 g/mol. The van der Waals surface area contributed by atoms with Crippen molar-refractivity contribution in [2.45, 2.75) is 59.4 Å². The maximum atomic E-state index is 12.7. The van der Waals surface area contributed by atoms with Crippen molar-refractivity contribution in [3.05, 3.63) is 77.4 Å². The van der Waals surface area contributed by atoms with Gasteiger partial charge in [-0.25, -0.2) is 4.79 Å². The molecule has 0 bridgehead atoms. The fourth-order valence-corrected chi connectivity index (χ4v) is 4.93. The van der Waals surface area contributed by atoms with E-state index in [1.165, 1.54) is 25.0 Å². The standard InChI is InChI=1S/C30H34N2O6.C4H6O3.C2H6/c1-31-29(33)14-8-9-15-37-20-16-27(35-2)25(28(17-20)36-3)18-32-30(34)38-19-26-23-12-6-4-10-21(23)22-11-5-7-13-24(22)26;1-3(5)7-4(2)6;1-2/h4-7,10-13,16-17,26H,8-9,14-15,18-19H2,1-3H3,(H,31,33)(H,32,34);1-2H3;1-2H3. The van der Waals surface area contributed by atoms with Crippen LogP contribution in [0.4, 0.5) is 4.79 Å². The van der Waals surface area contributed by atoms with Crippen LogP contribution in [0.15, 0.2) is 60.7 Å². The molecule has 0 spiro atoms. The van der Waals surface area contributed by atoms with Gasteiger partial charge in [0.15, 0.2) is 0 Å². The van der Waals surface area contributed by atoms with E-state index in [0.717, 1.165) is 24.0 Å². The third-order valence-corrected chi connectivity index (χ3v) is 6.97. The first-order valence-electron chi connectivity index (χ1n) is 15.5. The van der Waals surface area contributed by atoms with Crippen LogP contribution in [0.3, 0.4) is 0 Å². The van der Waals surface area contributed by atoms with Crippen molar-refractivity contribution in [2.75, 3.05) is 34.5 Å². The van der Waals surface area contributed by atoms with Crippen molar-refractivity contribution in [2.24, 2.45) is 0 Å². The van der Waals surface area contributed by atoms with Gasteiger partial charge in [0, 0.05) is 45.4 Å². The Balaban J connectivity index is 0.000000756. The third kappa shape index (κ3) is 11.7. The number of unbranched alkanes of at least 4 members (excludes halogenated alkanes) is 1. The lowest BCUT2D eigenvalue weighted by molar-refractivity contribution is -0.156. The Morgan fingerprint density at radius 3 is 1.79 bits per heavy atom. The molecule has 0 unspecified atom stereocenters. The van der Waals surface area contributed by atoms with Crippen molar-refractivity contribution >= 4 is 23.9 Å². The molecule has 0 aromatic heterocycles. The van der Waals surface area contributed by atoms with Crippen molar-refractivity contribution in [1.82, 2.24) is 10.6 Å². The van der Waals surface area contributed by atoms with Gasteiger partial charge >= 0.3 is 18.0 Å². The average Bonchev–Trinajstić information content (AvgIpc) is 3.39. The van der Waals surface area contributed by atoms with Gasteiger partial charge in [-0.2, -0.15) is 0 Å². The summed E-state index contributed by atoms with van der Waals surface area (Å²) in [5.41, 5.74) is 5.36. The minimum atomic E-state index is -0.562. The second-order valence-corrected chi connectivity index (χ2v) is 10.0. The summed E-state index contributed by atoms with van der Waals surface area (Å²) < 4.78 is 26.6. The van der Waals surface area contributed by atoms with E-state index in [9.17, 15) is 19.2 Å². The van der Waals surface area contributed by atoms with Gasteiger partial charge in [0.05, 0.1) is 32.9 Å². The molecule has 0 saturated heterocycles. The number of nitrogens with one attached hydrogen (secondary N) is 2. The summed E-state index contributed by atoms with van der Waals surface area (Å²) in [7, 11) is 4.73. The molecule has 254 valence electrons. The van der Waals surface area contributed by atoms with Gasteiger partial charge in [-0.05, 0) is 35.1 Å². The zero-order valence-electron chi connectivity index (χ0n) is 28.3. The highest BCUT2D eigenvalue weighted by atomic mass is 16.6. The number of carbonyl (C=O) groups excluding carboxylic acids is 4. The molecule has 4 rings (SSSR count). The number of rotatable bonds is 12. The van der Waals surface area contributed by atoms with Crippen LogP contribution < -0.4 is 24.8 Å². The van der Waals surface area contributed by atoms with Crippen LogP contribution in [0.5, 0.6) is 17.2 Å². The largest absolute Gasteiger partial charge is 0.496 e. The van der Waals surface area contributed by atoms with Crippen LogP contribution >= 0.6 is 0 Å². The Morgan fingerprint density at radius 1 is 0.787 bits per heavy atom. The molecule has 0 radical (unpaired) electrons. The number of methoxy groups -OCH3 is 2. The molecule has 0 aliphatic heterocycles. The summed E-state index contributed by atoms with van der Waals surface area (Å²) in [4.78, 5) is 43.6. The zero-order valence-corrected chi connectivity index (χ0v) is 28.3. The van der Waals surface area contributed by atoms with Gasteiger partial charge in [-0.1, -0.05) is 62.4 Å². The van der Waals surface area contributed by atoms with E-state index >= 15 is 0 Å². The number of hydrogen-bond acceptors (Lipinski definition) is 9. The number of alkyl carbamates (subject to hydrolysis) is 1. The first-order valence-corrected chi connectivity index (χ1v) is 15.5. The molecule has 3 aromatic rings. The van der Waals surface area contributed by atoms with Gasteiger partial charge in [-0.3, -0.25) is 14.4 Å². The zero-order chi connectivity index (χ0) is 34.8. The fraction of sp³-hybridized carbons (Fsp3) is 0.389. The van der Waals surface area contributed by atoms with Crippen LogP contribution in [-0.2, 0) is 30.4 Å². The molecule has 3 aromatic carbocycles. The molecular formula is C36H46N2O9. The van der Waals surface area contributed by atoms with E-state index in [0.29, 0.717) is 35.8 Å². The summed E-state index contributed by atoms with van der Waals surface area (Å²) in [5.74, 6) is 0.530. The van der Waals surface area contributed by atoms with Crippen molar-refractivity contribution in [3.8, 4) is 28.4 Å². The molecule has 0 saturated carbocycles. The first-order chi connectivity index (χ1) is 22.7. The van der Waals surface area contributed by atoms with Crippen molar-refractivity contribution in [3.63, 3.8) is 0 Å². The topological polar surface area (TPSA) is 138 Å². The highest BCUT2D eigenvalue weighted by Gasteiger charge is 2.29. The van der Waals surface area contributed by atoms with Crippen LogP contribution in [0.25, 0.3) is 11.1 Å². The first kappa shape index (κ1) is 38.1. The van der Waals surface area contributed by atoms with Gasteiger partial charge in [0.2, 0.25) is 5.91 Å². The number of fused-ring (bicyclic) bond motifs is 3. The van der Waals surface area contributed by atoms with Crippen LogP contribution in [0.2, 0.25) is 0 Å². The number of hydrogen-bond donors (Lipinski definition) is 2. The normalized spacial score (nSPS) is 10.8. The van der Waals surface area contributed by atoms with Gasteiger partial charge < -0.3 is 34.3 Å². The Kier molecular flexibility index (Phi) is 16.3. The molecule has 0 heterocycles. The Bertz CT molecular complexity index is 1410. The smallest absolute Gasteiger partial charge is 0.407 e. The summed E-state index contributed by atoms with van der Waals surface area (Å²) in [6.07, 6.45) is 1.42. The number of amides is 2. The molecule has 11 heteroatoms. The van der Waals surface area contributed by atoms with Gasteiger partial charge in [0.1, 0.15) is 23.9 Å². The Labute approximate surface area is 276 Å². The average molecular weight is 651 g/mol. The van der Waals surface area contributed by atoms with Crippen LogP contribution in [-0.4, -0.2) is 58.4 Å². The summed E-state index contributed by atoms with van der Waals surface area (Å²) in [6, 6.07) is 20.0. The third-order valence-electron chi connectivity index (χ3n) is 6.97. The molecule has 47 heavy (non-hydrogen) atoms. The van der Waals surface area contributed by atoms with E-state index in [2.05, 4.69) is 39.6 Å². The molecule has 2 N–H and O–H groups in total. The molecule has 0 atom stereocenters. The maximum absolute atomic E-state index is 12.7. The molecule has 1 aliphatic carbocycles. The number of benzene rings is 3. The highest BCUT2D eigenvalue weighted by molar-refractivity contribution is 5.82. The van der Waals surface area contributed by atoms with E-state index < -0.39 is 18.0 Å². The lowest BCUT2D eigenvalue weighted by Gasteiger charge is -2.17. The lowest BCUT2D eigenvalue weighted by atomic mass is 9.98. The molecule has 1 aliphatic rings. The number of carbonyl (C=O) groups is 4. The number of esters is 2. The van der Waals surface area contributed by atoms with Crippen LogP contribution in [0, 0.1) is 0 Å². The quantitative estimate of drug-likeness (QED) is 0.134. The molecule has 0 fully saturated rings. The maximum Gasteiger partial charge on any atom is 0.407 e. The molecule has 2 amide bonds. The van der Waals surface area contributed by atoms with E-state index in [-0.39, 0.29) is 25.0 Å². The fourth-order valence-electron chi connectivity index (χ4n) is 4.93. The predicted octanol–water partition coefficient (Wildman–Crippen LogP) is 6.16. The van der Waals surface area contributed by atoms with Crippen LogP contribution in [0.1, 0.15) is 69.6 Å². The SMILES string of the molecule is CC.CC(=O)OC(C)=O.CNC(=O)CCCCOc1cc(OC)c(CNC(=O)OCC2c3ccccc3-c3ccccc32)c(OC)c1. The van der Waals surface area contributed by atoms with E-state index in [1.807, 2.05) is 38.1 Å². The van der Waals surface area contributed by atoms with E-state index in [4.69, 9.17) is 18.9 Å². The predicted molar refractivity (Wildman–Crippen MR) is 179 cm³/mol. The minimum Gasteiger partial charge on any atom is -0.496 e. The lowest BCUT2D eigenvalue weighted by Crippen LogP contribution is -2.26. The minimum absolute atomic E-state index is 0.00925. The van der Waals surface area contributed by atoms with Crippen molar-refractivity contribution < 1.29 is 42.9 Å². The second kappa shape index (κ2) is 20.1. The Hall–Kier alpha value is -5.06. The molecular weight excluding hydrogens is 604 g/mol. The van der Waals surface area contributed by atoms with Gasteiger partial charge in [0.25, 0.3) is 0 Å². The van der Waals surface area contributed by atoms with Crippen molar-refractivity contribution in [1.29, 1.82) is 0 Å². The van der Waals surface area contributed by atoms with Gasteiger partial charge in [-0.15, -0.1) is 0 Å².